The largest absolute Gasteiger partial charge is 0.497 e. The van der Waals surface area contributed by atoms with Crippen molar-refractivity contribution >= 4 is 0 Å². The Morgan fingerprint density at radius 3 is 3.05 bits per heavy atom. The first-order chi connectivity index (χ1) is 9.28. The molecule has 0 aromatic heterocycles. The van der Waals surface area contributed by atoms with Crippen LogP contribution >= 0.6 is 0 Å². The minimum absolute atomic E-state index is 0.284. The normalized spacial score (nSPS) is 19.3. The molecule has 0 spiro atoms. The maximum Gasteiger partial charge on any atom is 0.119 e. The van der Waals surface area contributed by atoms with Crippen LogP contribution in [0.15, 0.2) is 18.2 Å². The standard InChI is InChI=1S/C16H22N2O/c1-3-13(9-10-17)18-16-6-4-5-12-7-8-14(19-2)11-15(12)16/h7-8,11,13,16,18H,3-6,9H2,1-2H3. The lowest BCUT2D eigenvalue weighted by atomic mass is 9.87. The zero-order valence-corrected chi connectivity index (χ0v) is 11.8. The third kappa shape index (κ3) is 3.27. The van der Waals surface area contributed by atoms with Gasteiger partial charge in [-0.3, -0.25) is 0 Å². The number of nitrogens with zero attached hydrogens (tertiary/aromatic N) is 1. The van der Waals surface area contributed by atoms with E-state index in [2.05, 4.69) is 30.4 Å². The van der Waals surface area contributed by atoms with Gasteiger partial charge in [-0.25, -0.2) is 0 Å². The summed E-state index contributed by atoms with van der Waals surface area (Å²) < 4.78 is 5.33. The van der Waals surface area contributed by atoms with E-state index in [1.165, 1.54) is 17.5 Å². The van der Waals surface area contributed by atoms with Gasteiger partial charge in [0.2, 0.25) is 0 Å². The summed E-state index contributed by atoms with van der Waals surface area (Å²) in [5.41, 5.74) is 2.76. The fraction of sp³-hybridized carbons (Fsp3) is 0.562. The highest BCUT2D eigenvalue weighted by molar-refractivity contribution is 5.39. The highest BCUT2D eigenvalue weighted by atomic mass is 16.5. The van der Waals surface area contributed by atoms with E-state index in [0.29, 0.717) is 12.5 Å². The fourth-order valence-corrected chi connectivity index (χ4v) is 2.79. The van der Waals surface area contributed by atoms with Crippen molar-refractivity contribution in [3.05, 3.63) is 29.3 Å². The Morgan fingerprint density at radius 2 is 2.37 bits per heavy atom. The average Bonchev–Trinajstić information content (AvgIpc) is 2.46. The Hall–Kier alpha value is -1.53. The Labute approximate surface area is 115 Å². The molecule has 0 fully saturated rings. The Bertz CT molecular complexity index is 464. The molecule has 2 atom stereocenters. The van der Waals surface area contributed by atoms with Crippen molar-refractivity contribution in [1.29, 1.82) is 5.26 Å². The molecule has 0 saturated heterocycles. The molecule has 1 N–H and O–H groups in total. The minimum Gasteiger partial charge on any atom is -0.497 e. The molecule has 1 aromatic carbocycles. The zero-order chi connectivity index (χ0) is 13.7. The second kappa shape index (κ2) is 6.58. The van der Waals surface area contributed by atoms with Crippen LogP contribution in [-0.4, -0.2) is 13.2 Å². The van der Waals surface area contributed by atoms with Gasteiger partial charge >= 0.3 is 0 Å². The van der Waals surface area contributed by atoms with Gasteiger partial charge in [0.15, 0.2) is 0 Å². The first-order valence-corrected chi connectivity index (χ1v) is 7.08. The van der Waals surface area contributed by atoms with E-state index in [-0.39, 0.29) is 6.04 Å². The quantitative estimate of drug-likeness (QED) is 0.881. The van der Waals surface area contributed by atoms with Crippen LogP contribution in [0.25, 0.3) is 0 Å². The highest BCUT2D eigenvalue weighted by Crippen LogP contribution is 2.33. The van der Waals surface area contributed by atoms with Gasteiger partial charge in [-0.15, -0.1) is 0 Å². The summed E-state index contributed by atoms with van der Waals surface area (Å²) in [5.74, 6) is 0.917. The molecule has 1 aliphatic carbocycles. The predicted octanol–water partition coefficient (Wildman–Crippen LogP) is 3.35. The molecule has 1 aromatic rings. The van der Waals surface area contributed by atoms with E-state index in [1.54, 1.807) is 7.11 Å². The van der Waals surface area contributed by atoms with Gasteiger partial charge in [0.1, 0.15) is 5.75 Å². The summed E-state index contributed by atoms with van der Waals surface area (Å²) in [6, 6.07) is 9.26. The SMILES string of the molecule is CCC(CC#N)NC1CCCc2ccc(OC)cc21. The third-order valence-electron chi connectivity index (χ3n) is 3.93. The molecule has 0 aliphatic heterocycles. The van der Waals surface area contributed by atoms with Gasteiger partial charge in [-0.1, -0.05) is 13.0 Å². The molecule has 102 valence electrons. The van der Waals surface area contributed by atoms with Crippen molar-refractivity contribution in [1.82, 2.24) is 5.32 Å². The molecule has 0 saturated carbocycles. The summed E-state index contributed by atoms with van der Waals surface area (Å²) in [4.78, 5) is 0. The lowest BCUT2D eigenvalue weighted by Crippen LogP contribution is -2.34. The first-order valence-electron chi connectivity index (χ1n) is 7.08. The van der Waals surface area contributed by atoms with E-state index in [1.807, 2.05) is 6.07 Å². The number of nitrogens with one attached hydrogen (secondary N) is 1. The minimum atomic E-state index is 0.284. The van der Waals surface area contributed by atoms with Crippen molar-refractivity contribution in [3.8, 4) is 11.8 Å². The Kier molecular flexibility index (Phi) is 4.81. The van der Waals surface area contributed by atoms with Crippen molar-refractivity contribution in [2.75, 3.05) is 7.11 Å². The molecular weight excluding hydrogens is 236 g/mol. The first kappa shape index (κ1) is 13.9. The molecule has 2 unspecified atom stereocenters. The number of aryl methyl sites for hydroxylation is 1. The van der Waals surface area contributed by atoms with E-state index >= 15 is 0 Å². The van der Waals surface area contributed by atoms with Gasteiger partial charge in [0, 0.05) is 12.1 Å². The van der Waals surface area contributed by atoms with Gasteiger partial charge in [0.05, 0.1) is 19.6 Å². The molecule has 2 rings (SSSR count). The molecule has 3 heteroatoms. The van der Waals surface area contributed by atoms with Crippen molar-refractivity contribution in [2.45, 2.75) is 51.1 Å². The number of methoxy groups -OCH3 is 1. The van der Waals surface area contributed by atoms with Crippen LogP contribution in [0.5, 0.6) is 5.75 Å². The summed E-state index contributed by atoms with van der Waals surface area (Å²) >= 11 is 0. The summed E-state index contributed by atoms with van der Waals surface area (Å²) in [5, 5.41) is 12.5. The second-order valence-electron chi connectivity index (χ2n) is 5.14. The van der Waals surface area contributed by atoms with Gasteiger partial charge < -0.3 is 10.1 Å². The van der Waals surface area contributed by atoms with Crippen molar-refractivity contribution < 1.29 is 4.74 Å². The van der Waals surface area contributed by atoms with Crippen LogP contribution < -0.4 is 10.1 Å². The van der Waals surface area contributed by atoms with E-state index < -0.39 is 0 Å². The van der Waals surface area contributed by atoms with Gasteiger partial charge in [-0.05, 0) is 48.9 Å². The van der Waals surface area contributed by atoms with Crippen molar-refractivity contribution in [3.63, 3.8) is 0 Å². The number of nitriles is 1. The van der Waals surface area contributed by atoms with Crippen LogP contribution in [0.1, 0.15) is 49.8 Å². The topological polar surface area (TPSA) is 45.0 Å². The van der Waals surface area contributed by atoms with Crippen LogP contribution in [0, 0.1) is 11.3 Å². The number of rotatable bonds is 5. The van der Waals surface area contributed by atoms with E-state index in [0.717, 1.165) is 25.0 Å². The molecule has 0 bridgehead atoms. The lowest BCUT2D eigenvalue weighted by Gasteiger charge is -2.30. The predicted molar refractivity (Wildman–Crippen MR) is 76.1 cm³/mol. The maximum absolute atomic E-state index is 8.86. The number of fused-ring (bicyclic) bond motifs is 1. The molecule has 19 heavy (non-hydrogen) atoms. The number of hydrogen-bond acceptors (Lipinski definition) is 3. The van der Waals surface area contributed by atoms with Crippen LogP contribution in [-0.2, 0) is 6.42 Å². The summed E-state index contributed by atoms with van der Waals surface area (Å²) in [6.07, 6.45) is 5.06. The molecular formula is C16H22N2O. The highest BCUT2D eigenvalue weighted by Gasteiger charge is 2.22. The Morgan fingerprint density at radius 1 is 1.53 bits per heavy atom. The molecule has 1 aliphatic rings. The van der Waals surface area contributed by atoms with E-state index in [9.17, 15) is 0 Å². The molecule has 0 amide bonds. The van der Waals surface area contributed by atoms with Crippen LogP contribution in [0.3, 0.4) is 0 Å². The van der Waals surface area contributed by atoms with Gasteiger partial charge in [-0.2, -0.15) is 5.26 Å². The Balaban J connectivity index is 2.18. The molecule has 0 radical (unpaired) electrons. The fourth-order valence-electron chi connectivity index (χ4n) is 2.79. The van der Waals surface area contributed by atoms with E-state index in [4.69, 9.17) is 10.00 Å². The number of hydrogen-bond donors (Lipinski definition) is 1. The maximum atomic E-state index is 8.86. The average molecular weight is 258 g/mol. The van der Waals surface area contributed by atoms with Crippen molar-refractivity contribution in [2.24, 2.45) is 0 Å². The van der Waals surface area contributed by atoms with Crippen LogP contribution in [0.4, 0.5) is 0 Å². The second-order valence-corrected chi connectivity index (χ2v) is 5.14. The molecule has 3 nitrogen and oxygen atoms in total. The summed E-state index contributed by atoms with van der Waals surface area (Å²) in [7, 11) is 1.71. The van der Waals surface area contributed by atoms with Crippen LogP contribution in [0.2, 0.25) is 0 Å². The number of benzene rings is 1. The summed E-state index contributed by atoms with van der Waals surface area (Å²) in [6.45, 7) is 2.13. The molecule has 0 heterocycles. The third-order valence-corrected chi connectivity index (χ3v) is 3.93. The monoisotopic (exact) mass is 258 g/mol. The lowest BCUT2D eigenvalue weighted by molar-refractivity contribution is 0.383. The van der Waals surface area contributed by atoms with Gasteiger partial charge in [0.25, 0.3) is 0 Å². The zero-order valence-electron chi connectivity index (χ0n) is 11.8. The number of ether oxygens (including phenoxy) is 1. The smallest absolute Gasteiger partial charge is 0.119 e.